The van der Waals surface area contributed by atoms with Crippen molar-refractivity contribution in [1.82, 2.24) is 0 Å². The molecule has 0 bridgehead atoms. The molecule has 0 saturated carbocycles. The van der Waals surface area contributed by atoms with Crippen LogP contribution in [0.4, 0.5) is 0 Å². The summed E-state index contributed by atoms with van der Waals surface area (Å²) in [5, 5.41) is 9.72. The Morgan fingerprint density at radius 3 is 0.746 bits per heavy atom. The van der Waals surface area contributed by atoms with E-state index in [0.29, 0.717) is 0 Å². The summed E-state index contributed by atoms with van der Waals surface area (Å²) in [4.78, 5) is 0. The second-order valence-electron chi connectivity index (χ2n) is 14.7. The Hall–Kier alpha value is -5.76. The summed E-state index contributed by atoms with van der Waals surface area (Å²) in [6.45, 7) is 0. The van der Waals surface area contributed by atoms with Crippen LogP contribution in [0.3, 0.4) is 0 Å². The first-order valence-corrected chi connectivity index (χ1v) is 29.2. The van der Waals surface area contributed by atoms with E-state index in [1.54, 1.807) is 0 Å². The molecule has 59 heavy (non-hydrogen) atoms. The van der Waals surface area contributed by atoms with Crippen LogP contribution in [0.15, 0.2) is 265 Å². The maximum absolute atomic E-state index is 8.57. The highest BCUT2D eigenvalue weighted by Crippen LogP contribution is 2.25. The number of hydrogen-bond acceptors (Lipinski definition) is 2. The molecule has 0 fully saturated rings. The van der Waals surface area contributed by atoms with Gasteiger partial charge in [-0.3, -0.25) is 0 Å². The Labute approximate surface area is 357 Å². The van der Waals surface area contributed by atoms with E-state index in [9.17, 15) is 0 Å². The molecule has 0 aliphatic heterocycles. The van der Waals surface area contributed by atoms with Gasteiger partial charge < -0.3 is 8.23 Å². The van der Waals surface area contributed by atoms with Gasteiger partial charge in [-0.15, -0.1) is 11.4 Å². The number of benzene rings is 8. The lowest BCUT2D eigenvalue weighted by molar-refractivity contribution is 0.429. The summed E-state index contributed by atoms with van der Waals surface area (Å²) in [5.74, 6) is 0. The fourth-order valence-corrected chi connectivity index (χ4v) is 27.4. The Bertz CT molecular complexity index is 2270. The molecule has 0 heterocycles. The standard InChI is InChI=1S/C52H48O2Si5/c1-9-25-45(26-10-1)55-41-43-57(47-29-13-3-14-30-47,48-31-15-4-16-32-48)53-59(51-37-21-7-22-38-51,52-39-23-8-24-40-52)54-58(49-33-17-5-18-34-49,50-35-19-6-20-36-50)44-42-56-46-27-11-2-12-28-46/h1-44H,55-56H2. The molecule has 0 N–H and O–H groups in total. The number of rotatable bonds is 16. The van der Waals surface area contributed by atoms with Crippen LogP contribution in [-0.2, 0) is 8.23 Å². The van der Waals surface area contributed by atoms with Crippen molar-refractivity contribution in [2.45, 2.75) is 0 Å². The molecule has 0 aliphatic carbocycles. The van der Waals surface area contributed by atoms with Crippen LogP contribution >= 0.6 is 0 Å². The minimum Gasteiger partial charge on any atom is -0.419 e. The van der Waals surface area contributed by atoms with E-state index in [1.165, 1.54) is 31.1 Å². The molecule has 7 heteroatoms. The predicted octanol–water partition coefficient (Wildman–Crippen LogP) is 4.89. The molecule has 0 aliphatic rings. The molecular formula is C52H48O2Si5. The number of hydrogen-bond donors (Lipinski definition) is 0. The molecule has 0 aromatic heterocycles. The maximum Gasteiger partial charge on any atom is 0.387 e. The molecule has 0 unspecified atom stereocenters. The van der Waals surface area contributed by atoms with Crippen molar-refractivity contribution in [1.29, 1.82) is 0 Å². The van der Waals surface area contributed by atoms with Crippen LogP contribution < -0.4 is 41.5 Å². The molecule has 8 aromatic carbocycles. The molecule has 0 amide bonds. The largest absolute Gasteiger partial charge is 0.419 e. The van der Waals surface area contributed by atoms with Crippen LogP contribution in [0.1, 0.15) is 0 Å². The quantitative estimate of drug-likeness (QED) is 0.129. The predicted molar refractivity (Wildman–Crippen MR) is 263 cm³/mol. The SMILES string of the molecule is C(=C[Si](O[Si](O[Si](C=C[SiH2]c1ccccc1)(c1ccccc1)c1ccccc1)(c1ccccc1)c1ccccc1)(c1ccccc1)c1ccccc1)[SiH2]c1ccccc1. The Balaban J connectivity index is 1.44. The molecular weight excluding hydrogens is 797 g/mol. The van der Waals surface area contributed by atoms with Crippen LogP contribution in [-0.4, -0.2) is 44.2 Å². The summed E-state index contributed by atoms with van der Waals surface area (Å²) < 4.78 is 17.1. The van der Waals surface area contributed by atoms with Gasteiger partial charge in [-0.05, 0) is 31.1 Å². The van der Waals surface area contributed by atoms with Gasteiger partial charge in [0.1, 0.15) is 0 Å². The Kier molecular flexibility index (Phi) is 13.1. The van der Waals surface area contributed by atoms with Crippen LogP contribution in [0, 0.1) is 0 Å². The molecule has 8 rings (SSSR count). The second-order valence-corrected chi connectivity index (χ2v) is 28.0. The average molecular weight is 845 g/mol. The first-order valence-electron chi connectivity index (χ1n) is 20.4. The summed E-state index contributed by atoms with van der Waals surface area (Å²) in [6.07, 6.45) is 0. The van der Waals surface area contributed by atoms with Crippen molar-refractivity contribution >= 4 is 85.7 Å². The molecule has 0 spiro atoms. The van der Waals surface area contributed by atoms with Gasteiger partial charge in [0.2, 0.25) is 0 Å². The van der Waals surface area contributed by atoms with Gasteiger partial charge in [0, 0.05) is 0 Å². The van der Waals surface area contributed by atoms with Gasteiger partial charge in [-0.25, -0.2) is 0 Å². The van der Waals surface area contributed by atoms with Gasteiger partial charge in [0.15, 0.2) is 0 Å². The van der Waals surface area contributed by atoms with Crippen LogP contribution in [0.25, 0.3) is 0 Å². The third-order valence-electron chi connectivity index (χ3n) is 10.8. The molecule has 288 valence electrons. The highest BCUT2D eigenvalue weighted by Gasteiger charge is 2.56. The fourth-order valence-electron chi connectivity index (χ4n) is 7.91. The summed E-state index contributed by atoms with van der Waals surface area (Å²) in [5.41, 5.74) is 9.92. The maximum atomic E-state index is 8.57. The van der Waals surface area contributed by atoms with E-state index in [4.69, 9.17) is 8.23 Å². The normalized spacial score (nSPS) is 12.6. The van der Waals surface area contributed by atoms with E-state index in [1.807, 2.05) is 0 Å². The van der Waals surface area contributed by atoms with Gasteiger partial charge in [0.05, 0.1) is 19.0 Å². The minimum atomic E-state index is -3.76. The van der Waals surface area contributed by atoms with Gasteiger partial charge in [-0.1, -0.05) is 264 Å². The lowest BCUT2D eigenvalue weighted by atomic mass is 10.4. The third-order valence-corrected chi connectivity index (χ3v) is 27.8. The molecule has 0 saturated heterocycles. The monoisotopic (exact) mass is 844 g/mol. The fraction of sp³-hybridized carbons (Fsp3) is 0. The lowest BCUT2D eigenvalue weighted by Crippen LogP contribution is -2.78. The van der Waals surface area contributed by atoms with E-state index < -0.39 is 44.2 Å². The van der Waals surface area contributed by atoms with Gasteiger partial charge >= 0.3 is 8.56 Å². The van der Waals surface area contributed by atoms with Crippen molar-refractivity contribution in [2.24, 2.45) is 0 Å². The summed E-state index contributed by atoms with van der Waals surface area (Å²) in [7, 11) is -11.9. The Morgan fingerprint density at radius 2 is 0.492 bits per heavy atom. The average Bonchev–Trinajstić information content (AvgIpc) is 3.33. The zero-order chi connectivity index (χ0) is 40.1. The lowest BCUT2D eigenvalue weighted by Gasteiger charge is -2.46. The molecule has 0 radical (unpaired) electrons. The van der Waals surface area contributed by atoms with E-state index in [-0.39, 0.29) is 0 Å². The summed E-state index contributed by atoms with van der Waals surface area (Å²) in [6, 6.07) is 87.4. The smallest absolute Gasteiger partial charge is 0.387 e. The van der Waals surface area contributed by atoms with Crippen molar-refractivity contribution in [3.63, 3.8) is 0 Å². The van der Waals surface area contributed by atoms with E-state index >= 15 is 0 Å². The van der Waals surface area contributed by atoms with Crippen LogP contribution in [0.5, 0.6) is 0 Å². The van der Waals surface area contributed by atoms with Crippen molar-refractivity contribution in [3.8, 4) is 0 Å². The highest BCUT2D eigenvalue weighted by atomic mass is 28.5. The minimum absolute atomic E-state index is 0.783. The highest BCUT2D eigenvalue weighted by molar-refractivity contribution is 7.14. The molecule has 0 atom stereocenters. The van der Waals surface area contributed by atoms with E-state index in [0.717, 1.165) is 10.4 Å². The van der Waals surface area contributed by atoms with Crippen LogP contribution in [0.2, 0.25) is 0 Å². The first kappa shape index (κ1) is 40.0. The van der Waals surface area contributed by atoms with E-state index in [2.05, 4.69) is 265 Å². The zero-order valence-corrected chi connectivity index (χ0v) is 39.0. The molecule has 2 nitrogen and oxygen atoms in total. The van der Waals surface area contributed by atoms with Gasteiger partial charge in [-0.2, -0.15) is 0 Å². The summed E-state index contributed by atoms with van der Waals surface area (Å²) >= 11 is 0. The van der Waals surface area contributed by atoms with Crippen molar-refractivity contribution in [3.05, 3.63) is 265 Å². The third kappa shape index (κ3) is 9.12. The zero-order valence-electron chi connectivity index (χ0n) is 33.1. The van der Waals surface area contributed by atoms with Crippen molar-refractivity contribution < 1.29 is 8.23 Å². The first-order chi connectivity index (χ1) is 29.2. The molecule has 8 aromatic rings. The second kappa shape index (κ2) is 19.3. The van der Waals surface area contributed by atoms with Crippen molar-refractivity contribution in [2.75, 3.05) is 0 Å². The Morgan fingerprint density at radius 1 is 0.271 bits per heavy atom. The van der Waals surface area contributed by atoms with Gasteiger partial charge in [0.25, 0.3) is 16.6 Å². The topological polar surface area (TPSA) is 18.5 Å².